The van der Waals surface area contributed by atoms with Crippen molar-refractivity contribution in [3.05, 3.63) is 35.9 Å². The summed E-state index contributed by atoms with van der Waals surface area (Å²) >= 11 is 4.28. The van der Waals surface area contributed by atoms with E-state index in [1.165, 1.54) is 37.0 Å². The number of hydrogen-bond acceptors (Lipinski definition) is 4. The third kappa shape index (κ3) is 6.91. The van der Waals surface area contributed by atoms with Gasteiger partial charge in [0.15, 0.2) is 0 Å². The first kappa shape index (κ1) is 21.4. The van der Waals surface area contributed by atoms with Gasteiger partial charge in [-0.1, -0.05) is 65.8 Å². The Balaban J connectivity index is 1.42. The number of nitrogens with zero attached hydrogens (tertiary/aromatic N) is 2. The highest BCUT2D eigenvalue weighted by Gasteiger charge is 2.27. The van der Waals surface area contributed by atoms with Gasteiger partial charge in [-0.3, -0.25) is 15.0 Å². The molecule has 1 aliphatic carbocycles. The molecule has 1 N–H and O–H groups in total. The maximum absolute atomic E-state index is 13.0. The topological polar surface area (TPSA) is 35.6 Å². The second-order valence-corrected chi connectivity index (χ2v) is 9.50. The second kappa shape index (κ2) is 11.6. The summed E-state index contributed by atoms with van der Waals surface area (Å²) in [6.07, 6.45) is 5.56. The zero-order chi connectivity index (χ0) is 18.9. The molecule has 2 aliphatic rings. The van der Waals surface area contributed by atoms with Gasteiger partial charge in [0, 0.05) is 43.0 Å². The number of alkyl halides is 1. The van der Waals surface area contributed by atoms with Gasteiger partial charge in [-0.25, -0.2) is 0 Å². The average Bonchev–Trinajstić information content (AvgIpc) is 3.22. The van der Waals surface area contributed by atoms with E-state index in [-0.39, 0.29) is 6.04 Å². The summed E-state index contributed by atoms with van der Waals surface area (Å²) in [6, 6.07) is 10.6. The van der Waals surface area contributed by atoms with Crippen molar-refractivity contribution in [1.29, 1.82) is 0 Å². The number of rotatable bonds is 9. The Morgan fingerprint density at radius 1 is 1.15 bits per heavy atom. The fourth-order valence-corrected chi connectivity index (χ4v) is 5.86. The summed E-state index contributed by atoms with van der Waals surface area (Å²) in [5.74, 6) is 3.30. The molecule has 0 radical (unpaired) electrons. The predicted octanol–water partition coefficient (Wildman–Crippen LogP) is 3.60. The van der Waals surface area contributed by atoms with E-state index >= 15 is 0 Å². The Morgan fingerprint density at radius 2 is 1.85 bits per heavy atom. The van der Waals surface area contributed by atoms with E-state index in [0.717, 1.165) is 48.9 Å². The van der Waals surface area contributed by atoms with E-state index in [0.29, 0.717) is 5.91 Å². The number of carbonyl (C=O) groups is 1. The number of carbonyl (C=O) groups excluding carboxylic acids is 1. The van der Waals surface area contributed by atoms with Crippen LogP contribution in [-0.4, -0.2) is 64.0 Å². The molecule has 1 aromatic rings. The first-order chi connectivity index (χ1) is 13.3. The van der Waals surface area contributed by atoms with E-state index in [1.54, 1.807) is 0 Å². The van der Waals surface area contributed by atoms with Crippen LogP contribution in [0.4, 0.5) is 0 Å². The molecule has 1 saturated heterocycles. The minimum Gasteiger partial charge on any atom is -0.339 e. The van der Waals surface area contributed by atoms with Crippen LogP contribution < -0.4 is 5.32 Å². The van der Waals surface area contributed by atoms with Crippen molar-refractivity contribution in [1.82, 2.24) is 15.1 Å². The molecule has 150 valence electrons. The summed E-state index contributed by atoms with van der Waals surface area (Å²) < 4.78 is 0.826. The number of thioether (sulfide) groups is 1. The van der Waals surface area contributed by atoms with Crippen molar-refractivity contribution in [2.24, 2.45) is 5.92 Å². The van der Waals surface area contributed by atoms with Gasteiger partial charge in [-0.15, -0.1) is 0 Å². The molecule has 6 heteroatoms. The minimum absolute atomic E-state index is 0.0334. The van der Waals surface area contributed by atoms with Gasteiger partial charge in [0.05, 0.1) is 6.04 Å². The van der Waals surface area contributed by atoms with Crippen LogP contribution in [0.1, 0.15) is 31.2 Å². The molecule has 1 aliphatic heterocycles. The van der Waals surface area contributed by atoms with Gasteiger partial charge in [0.25, 0.3) is 0 Å². The highest BCUT2D eigenvalue weighted by atomic mass is 127. The van der Waals surface area contributed by atoms with Gasteiger partial charge in [-0.2, -0.15) is 11.8 Å². The van der Waals surface area contributed by atoms with Gasteiger partial charge >= 0.3 is 0 Å². The van der Waals surface area contributed by atoms with Gasteiger partial charge < -0.3 is 4.90 Å². The summed E-state index contributed by atoms with van der Waals surface area (Å²) in [7, 11) is 0. The Kier molecular flexibility index (Phi) is 9.22. The van der Waals surface area contributed by atoms with Gasteiger partial charge in [-0.05, 0) is 30.1 Å². The molecular formula is C21H32IN3OS. The first-order valence-electron chi connectivity index (χ1n) is 10.2. The summed E-state index contributed by atoms with van der Waals surface area (Å²) in [6.45, 7) is 4.60. The lowest BCUT2D eigenvalue weighted by atomic mass is 10.1. The van der Waals surface area contributed by atoms with E-state index in [1.807, 2.05) is 11.8 Å². The van der Waals surface area contributed by atoms with Crippen molar-refractivity contribution in [3.8, 4) is 0 Å². The summed E-state index contributed by atoms with van der Waals surface area (Å²) in [4.78, 5) is 17.5. The molecule has 1 amide bonds. The number of hydrogen-bond donors (Lipinski definition) is 1. The van der Waals surface area contributed by atoms with Crippen LogP contribution in [0.15, 0.2) is 30.3 Å². The van der Waals surface area contributed by atoms with Crippen LogP contribution in [0.5, 0.6) is 0 Å². The van der Waals surface area contributed by atoms with Gasteiger partial charge in [0.2, 0.25) is 5.91 Å². The van der Waals surface area contributed by atoms with Crippen LogP contribution in [0, 0.1) is 5.92 Å². The molecule has 3 rings (SSSR count). The molecule has 4 nitrogen and oxygen atoms in total. The van der Waals surface area contributed by atoms with Crippen molar-refractivity contribution in [2.45, 2.75) is 38.3 Å². The predicted molar refractivity (Wildman–Crippen MR) is 123 cm³/mol. The van der Waals surface area contributed by atoms with E-state index in [2.05, 4.69) is 68.0 Å². The minimum atomic E-state index is -0.0334. The second-order valence-electron chi connectivity index (χ2n) is 7.67. The Labute approximate surface area is 182 Å². The first-order valence-corrected chi connectivity index (χ1v) is 12.9. The molecule has 27 heavy (non-hydrogen) atoms. The Bertz CT molecular complexity index is 560. The Hall–Kier alpha value is -0.310. The highest BCUT2D eigenvalue weighted by molar-refractivity contribution is 14.1. The molecule has 1 saturated carbocycles. The summed E-state index contributed by atoms with van der Waals surface area (Å²) in [5.41, 5.74) is 1.35. The van der Waals surface area contributed by atoms with E-state index in [9.17, 15) is 4.79 Å². The lowest BCUT2D eigenvalue weighted by Crippen LogP contribution is -2.54. The van der Waals surface area contributed by atoms with Crippen molar-refractivity contribution >= 4 is 40.3 Å². The van der Waals surface area contributed by atoms with Crippen LogP contribution in [0.25, 0.3) is 0 Å². The van der Waals surface area contributed by atoms with Crippen LogP contribution in [0.3, 0.4) is 0 Å². The molecule has 1 atom stereocenters. The average molecular weight is 501 g/mol. The maximum atomic E-state index is 13.0. The SMILES string of the molecule is O=C(C(CSCC1CCCC1)NCI)N1CCN(Cc2ccccc2)CC1. The van der Waals surface area contributed by atoms with E-state index < -0.39 is 0 Å². The molecule has 2 fully saturated rings. The fraction of sp³-hybridized carbons (Fsp3) is 0.667. The van der Waals surface area contributed by atoms with Crippen molar-refractivity contribution in [3.63, 3.8) is 0 Å². The maximum Gasteiger partial charge on any atom is 0.240 e. The normalized spacial score (nSPS) is 20.1. The zero-order valence-electron chi connectivity index (χ0n) is 16.1. The molecule has 1 heterocycles. The lowest BCUT2D eigenvalue weighted by molar-refractivity contribution is -0.134. The molecule has 1 aromatic carbocycles. The Morgan fingerprint density at radius 3 is 2.52 bits per heavy atom. The quantitative estimate of drug-likeness (QED) is 0.319. The molecule has 0 bridgehead atoms. The number of benzene rings is 1. The molecule has 1 unspecified atom stereocenters. The largest absolute Gasteiger partial charge is 0.339 e. The molecule has 0 spiro atoms. The number of halogens is 1. The van der Waals surface area contributed by atoms with Crippen molar-refractivity contribution < 1.29 is 4.79 Å². The van der Waals surface area contributed by atoms with Crippen LogP contribution in [-0.2, 0) is 11.3 Å². The van der Waals surface area contributed by atoms with Crippen molar-refractivity contribution in [2.75, 3.05) is 42.2 Å². The standard InChI is InChI=1S/C21H32IN3OS/c22-17-23-20(16-27-15-19-8-4-5-9-19)21(26)25-12-10-24(11-13-25)14-18-6-2-1-3-7-18/h1-3,6-7,19-20,23H,4-5,8-17H2. The third-order valence-electron chi connectivity index (χ3n) is 5.67. The highest BCUT2D eigenvalue weighted by Crippen LogP contribution is 2.28. The van der Waals surface area contributed by atoms with E-state index in [4.69, 9.17) is 0 Å². The fourth-order valence-electron chi connectivity index (χ4n) is 4.03. The summed E-state index contributed by atoms with van der Waals surface area (Å²) in [5, 5.41) is 3.42. The van der Waals surface area contributed by atoms with Crippen LogP contribution >= 0.6 is 34.4 Å². The smallest absolute Gasteiger partial charge is 0.240 e. The lowest BCUT2D eigenvalue weighted by Gasteiger charge is -2.36. The van der Waals surface area contributed by atoms with Crippen LogP contribution in [0.2, 0.25) is 0 Å². The number of nitrogens with one attached hydrogen (secondary N) is 1. The third-order valence-corrected chi connectivity index (χ3v) is 7.38. The zero-order valence-corrected chi connectivity index (χ0v) is 19.1. The monoisotopic (exact) mass is 501 g/mol. The molecular weight excluding hydrogens is 469 g/mol. The molecule has 0 aromatic heterocycles. The van der Waals surface area contributed by atoms with Gasteiger partial charge in [0.1, 0.15) is 0 Å². The number of amides is 1. The number of piperazine rings is 1.